The Balaban J connectivity index is 1.80. The van der Waals surface area contributed by atoms with Gasteiger partial charge in [-0.05, 0) is 32.1 Å². The Bertz CT molecular complexity index is 430. The average molecular weight is 490 g/mol. The predicted molar refractivity (Wildman–Crippen MR) is 83.2 cm³/mol. The van der Waals surface area contributed by atoms with Gasteiger partial charge in [-0.3, -0.25) is 0 Å². The first-order valence-corrected chi connectivity index (χ1v) is 9.80. The molecule has 0 radical (unpaired) electrons. The first kappa shape index (κ1) is 11.6. The van der Waals surface area contributed by atoms with Crippen molar-refractivity contribution in [1.29, 1.82) is 0 Å². The molecule has 0 N–H and O–H groups in total. The molecule has 0 aromatic carbocycles. The van der Waals surface area contributed by atoms with Crippen LogP contribution >= 0.6 is 63.7 Å². The van der Waals surface area contributed by atoms with Gasteiger partial charge < -0.3 is 0 Å². The normalized spacial score (nSPS) is 67.1. The highest BCUT2D eigenvalue weighted by Gasteiger charge is 3.10. The fraction of sp³-hybridized carbons (Fsp3) is 1.00. The Labute approximate surface area is 136 Å². The molecule has 0 amide bonds. The summed E-state index contributed by atoms with van der Waals surface area (Å²) in [4.78, 5) is 0. The molecule has 0 aromatic heterocycles. The van der Waals surface area contributed by atoms with Crippen LogP contribution in [0.15, 0.2) is 0 Å². The minimum absolute atomic E-state index is 0.245. The van der Waals surface area contributed by atoms with E-state index in [1.54, 1.807) is 0 Å². The molecular formula is C13H14Br4. The predicted octanol–water partition coefficient (Wildman–Crippen LogP) is 5.70. The van der Waals surface area contributed by atoms with Crippen molar-refractivity contribution in [3.63, 3.8) is 0 Å². The smallest absolute Gasteiger partial charge is 0.0714 e. The zero-order valence-corrected chi connectivity index (χ0v) is 15.8. The van der Waals surface area contributed by atoms with Crippen LogP contribution in [0, 0.1) is 21.7 Å². The highest BCUT2D eigenvalue weighted by atomic mass is 79.9. The lowest BCUT2D eigenvalue weighted by atomic mass is 9.81. The lowest BCUT2D eigenvalue weighted by Crippen LogP contribution is -2.26. The standard InChI is InChI=1S/C13H14Br4/c14-12(15)8-3-1-5-10(8,12)11-6-2-4-9(11,7-8)13(11,16)17/h1-7H2/t8-,9-,10-,11+/m0/s1. The summed E-state index contributed by atoms with van der Waals surface area (Å²) in [5.41, 5.74) is 2.20. The summed E-state index contributed by atoms with van der Waals surface area (Å²) in [6.07, 6.45) is 10.0. The number of rotatable bonds is 0. The second-order valence-electron chi connectivity index (χ2n) is 7.01. The fourth-order valence-electron chi connectivity index (χ4n) is 7.18. The maximum Gasteiger partial charge on any atom is 0.0936 e. The molecule has 4 atom stereocenters. The van der Waals surface area contributed by atoms with E-state index >= 15 is 0 Å². The zero-order chi connectivity index (χ0) is 11.9. The van der Waals surface area contributed by atoms with Crippen molar-refractivity contribution in [2.45, 2.75) is 51.4 Å². The van der Waals surface area contributed by atoms with Crippen molar-refractivity contribution in [3.05, 3.63) is 0 Å². The molecule has 0 aromatic rings. The summed E-state index contributed by atoms with van der Waals surface area (Å²) in [6, 6.07) is 0. The minimum Gasteiger partial charge on any atom is -0.0714 e. The van der Waals surface area contributed by atoms with Gasteiger partial charge in [0, 0.05) is 21.7 Å². The minimum atomic E-state index is 0.245. The van der Waals surface area contributed by atoms with Gasteiger partial charge in [0.25, 0.3) is 0 Å². The number of alkyl halides is 4. The molecule has 0 nitrogen and oxygen atoms in total. The van der Waals surface area contributed by atoms with Crippen LogP contribution in [0.2, 0.25) is 0 Å². The van der Waals surface area contributed by atoms with Gasteiger partial charge in [-0.2, -0.15) is 0 Å². The van der Waals surface area contributed by atoms with Gasteiger partial charge in [0.2, 0.25) is 0 Å². The van der Waals surface area contributed by atoms with Gasteiger partial charge in [0.1, 0.15) is 0 Å². The van der Waals surface area contributed by atoms with E-state index in [1.165, 1.54) is 44.9 Å². The van der Waals surface area contributed by atoms with Crippen molar-refractivity contribution in [3.8, 4) is 0 Å². The molecule has 17 heavy (non-hydrogen) atoms. The van der Waals surface area contributed by atoms with Gasteiger partial charge in [0.05, 0.1) is 6.47 Å². The molecule has 0 saturated heterocycles. The van der Waals surface area contributed by atoms with E-state index in [2.05, 4.69) is 63.7 Å². The molecule has 5 rings (SSSR count). The Morgan fingerprint density at radius 1 is 0.588 bits per heavy atom. The Kier molecular flexibility index (Phi) is 1.73. The molecule has 0 bridgehead atoms. The lowest BCUT2D eigenvalue weighted by molar-refractivity contribution is 0.253. The van der Waals surface area contributed by atoms with E-state index in [-0.39, 0.29) is 6.47 Å². The van der Waals surface area contributed by atoms with E-state index in [0.29, 0.717) is 21.7 Å². The van der Waals surface area contributed by atoms with Crippen LogP contribution in [-0.2, 0) is 0 Å². The quantitative estimate of drug-likeness (QED) is 0.383. The van der Waals surface area contributed by atoms with Gasteiger partial charge in [-0.15, -0.1) is 0 Å². The molecule has 0 unspecified atom stereocenters. The Morgan fingerprint density at radius 2 is 1.00 bits per heavy atom. The number of hydrogen-bond donors (Lipinski definition) is 0. The first-order chi connectivity index (χ1) is 7.87. The monoisotopic (exact) mass is 486 g/mol. The highest BCUT2D eigenvalue weighted by molar-refractivity contribution is 9.26. The van der Waals surface area contributed by atoms with Gasteiger partial charge in [-0.1, -0.05) is 76.6 Å². The molecule has 5 fully saturated rings. The maximum atomic E-state index is 4.08. The molecule has 0 spiro atoms. The number of halogens is 4. The average Bonchev–Trinajstić information content (AvgIpc) is 2.73. The molecule has 94 valence electrons. The molecule has 5 saturated carbocycles. The van der Waals surface area contributed by atoms with E-state index in [9.17, 15) is 0 Å². The topological polar surface area (TPSA) is 0 Å². The third-order valence-electron chi connectivity index (χ3n) is 7.43. The largest absolute Gasteiger partial charge is 0.0936 e. The van der Waals surface area contributed by atoms with E-state index in [1.807, 2.05) is 0 Å². The van der Waals surface area contributed by atoms with Crippen molar-refractivity contribution < 1.29 is 0 Å². The Hall–Kier alpha value is 1.92. The number of hydrogen-bond acceptors (Lipinski definition) is 0. The van der Waals surface area contributed by atoms with Gasteiger partial charge >= 0.3 is 0 Å². The molecule has 5 aliphatic rings. The van der Waals surface area contributed by atoms with Crippen LogP contribution < -0.4 is 0 Å². The van der Waals surface area contributed by atoms with Crippen LogP contribution in [0.3, 0.4) is 0 Å². The highest BCUT2D eigenvalue weighted by Crippen LogP contribution is 3.12. The van der Waals surface area contributed by atoms with Crippen LogP contribution in [0.25, 0.3) is 0 Å². The molecule has 5 aliphatic carbocycles. The molecule has 0 heterocycles. The van der Waals surface area contributed by atoms with Gasteiger partial charge in [0.15, 0.2) is 0 Å². The van der Waals surface area contributed by atoms with E-state index in [0.717, 1.165) is 0 Å². The van der Waals surface area contributed by atoms with Crippen molar-refractivity contribution in [1.82, 2.24) is 0 Å². The maximum absolute atomic E-state index is 4.08. The SMILES string of the molecule is BrC1(Br)[C@]23CCC[C@]12[C@@]12CCC[C@@]1(C3)C2(Br)Br. The third kappa shape index (κ3) is 0.661. The summed E-state index contributed by atoms with van der Waals surface area (Å²) in [5, 5.41) is 0. The van der Waals surface area contributed by atoms with Crippen molar-refractivity contribution in [2.24, 2.45) is 21.7 Å². The van der Waals surface area contributed by atoms with Crippen LogP contribution in [-0.4, -0.2) is 6.47 Å². The van der Waals surface area contributed by atoms with Crippen molar-refractivity contribution >= 4 is 63.7 Å². The van der Waals surface area contributed by atoms with E-state index in [4.69, 9.17) is 0 Å². The summed E-state index contributed by atoms with van der Waals surface area (Å²) >= 11 is 16.3. The van der Waals surface area contributed by atoms with Crippen LogP contribution in [0.4, 0.5) is 0 Å². The zero-order valence-electron chi connectivity index (χ0n) is 9.46. The summed E-state index contributed by atoms with van der Waals surface area (Å²) in [5.74, 6) is 0. The molecular weight excluding hydrogens is 476 g/mol. The first-order valence-electron chi connectivity index (χ1n) is 6.63. The Morgan fingerprint density at radius 3 is 1.41 bits per heavy atom. The second-order valence-corrected chi connectivity index (χ2v) is 13.9. The van der Waals surface area contributed by atoms with Crippen LogP contribution in [0.1, 0.15) is 44.9 Å². The summed E-state index contributed by atoms with van der Waals surface area (Å²) in [6.45, 7) is 0. The summed E-state index contributed by atoms with van der Waals surface area (Å²) in [7, 11) is 0. The van der Waals surface area contributed by atoms with Gasteiger partial charge in [-0.25, -0.2) is 0 Å². The molecule has 4 heteroatoms. The van der Waals surface area contributed by atoms with E-state index < -0.39 is 0 Å². The van der Waals surface area contributed by atoms with Crippen molar-refractivity contribution in [2.75, 3.05) is 0 Å². The van der Waals surface area contributed by atoms with Crippen LogP contribution in [0.5, 0.6) is 0 Å². The fourth-order valence-corrected chi connectivity index (χ4v) is 13.2. The second kappa shape index (κ2) is 2.54. The lowest BCUT2D eigenvalue weighted by Gasteiger charge is -2.29. The third-order valence-corrected chi connectivity index (χ3v) is 13.2. The summed E-state index contributed by atoms with van der Waals surface area (Å²) < 4.78 is 0.491. The molecule has 0 aliphatic heterocycles.